The number of benzene rings is 1. The highest BCUT2D eigenvalue weighted by Gasteiger charge is 2.20. The fourth-order valence-corrected chi connectivity index (χ4v) is 3.31. The van der Waals surface area contributed by atoms with Crippen LogP contribution in [0.1, 0.15) is 18.4 Å². The summed E-state index contributed by atoms with van der Waals surface area (Å²) in [4.78, 5) is 13.9. The highest BCUT2D eigenvalue weighted by atomic mass is 19.2. The number of nitrogens with zero attached hydrogens (tertiary/aromatic N) is 3. The standard InChI is InChI=1S/C18H19F2N5/c19-15-2-1-12(9-16(15)20)10-25-7-4-13(5-8-25)24-18-14-3-6-21-17(14)22-11-23-18/h1-3,6,9,11,13H,4-5,7-8,10H2,(H2,21,22,23,24). The molecule has 1 aliphatic rings. The van der Waals surface area contributed by atoms with Crippen molar-refractivity contribution in [1.82, 2.24) is 19.9 Å². The van der Waals surface area contributed by atoms with Crippen LogP contribution >= 0.6 is 0 Å². The summed E-state index contributed by atoms with van der Waals surface area (Å²) in [7, 11) is 0. The molecular formula is C18H19F2N5. The number of aromatic amines is 1. The van der Waals surface area contributed by atoms with Gasteiger partial charge in [-0.15, -0.1) is 0 Å². The monoisotopic (exact) mass is 343 g/mol. The first-order chi connectivity index (χ1) is 12.2. The smallest absolute Gasteiger partial charge is 0.159 e. The number of fused-ring (bicyclic) bond motifs is 1. The zero-order valence-corrected chi connectivity index (χ0v) is 13.7. The second kappa shape index (κ2) is 6.76. The van der Waals surface area contributed by atoms with Crippen LogP contribution in [0.5, 0.6) is 0 Å². The largest absolute Gasteiger partial charge is 0.367 e. The Hall–Kier alpha value is -2.54. The Labute approximate surface area is 144 Å². The zero-order chi connectivity index (χ0) is 17.2. The normalized spacial score (nSPS) is 16.4. The quantitative estimate of drug-likeness (QED) is 0.763. The van der Waals surface area contributed by atoms with Crippen LogP contribution in [0.4, 0.5) is 14.6 Å². The highest BCUT2D eigenvalue weighted by Crippen LogP contribution is 2.22. The summed E-state index contributed by atoms with van der Waals surface area (Å²) in [5.74, 6) is -0.730. The van der Waals surface area contributed by atoms with E-state index in [4.69, 9.17) is 0 Å². The number of anilines is 1. The Kier molecular flexibility index (Phi) is 4.31. The zero-order valence-electron chi connectivity index (χ0n) is 13.7. The van der Waals surface area contributed by atoms with Crippen LogP contribution in [-0.4, -0.2) is 39.0 Å². The highest BCUT2D eigenvalue weighted by molar-refractivity contribution is 5.86. The number of aromatic nitrogens is 3. The molecule has 1 aromatic carbocycles. The molecule has 130 valence electrons. The molecule has 0 bridgehead atoms. The number of rotatable bonds is 4. The molecule has 0 unspecified atom stereocenters. The van der Waals surface area contributed by atoms with E-state index in [1.807, 2.05) is 12.3 Å². The van der Waals surface area contributed by atoms with Crippen molar-refractivity contribution >= 4 is 16.9 Å². The van der Waals surface area contributed by atoms with Crippen molar-refractivity contribution in [2.24, 2.45) is 0 Å². The summed E-state index contributed by atoms with van der Waals surface area (Å²) in [6, 6.07) is 6.43. The van der Waals surface area contributed by atoms with Crippen molar-refractivity contribution in [2.45, 2.75) is 25.4 Å². The molecule has 0 atom stereocenters. The lowest BCUT2D eigenvalue weighted by atomic mass is 10.0. The van der Waals surface area contributed by atoms with Crippen molar-refractivity contribution < 1.29 is 8.78 Å². The third-order valence-corrected chi connectivity index (χ3v) is 4.67. The van der Waals surface area contributed by atoms with Crippen LogP contribution < -0.4 is 5.32 Å². The average Bonchev–Trinajstić information content (AvgIpc) is 3.10. The topological polar surface area (TPSA) is 56.8 Å². The lowest BCUT2D eigenvalue weighted by molar-refractivity contribution is 0.211. The fraction of sp³-hybridized carbons (Fsp3) is 0.333. The van der Waals surface area contributed by atoms with Gasteiger partial charge in [-0.25, -0.2) is 18.7 Å². The van der Waals surface area contributed by atoms with Gasteiger partial charge in [-0.3, -0.25) is 4.90 Å². The third-order valence-electron chi connectivity index (χ3n) is 4.67. The van der Waals surface area contributed by atoms with Crippen molar-refractivity contribution in [2.75, 3.05) is 18.4 Å². The van der Waals surface area contributed by atoms with Gasteiger partial charge in [-0.2, -0.15) is 0 Å². The summed E-state index contributed by atoms with van der Waals surface area (Å²) in [6.07, 6.45) is 5.35. The van der Waals surface area contributed by atoms with E-state index in [0.717, 1.165) is 48.3 Å². The lowest BCUT2D eigenvalue weighted by Gasteiger charge is -2.32. The van der Waals surface area contributed by atoms with Crippen LogP contribution in [0.2, 0.25) is 0 Å². The van der Waals surface area contributed by atoms with E-state index in [0.29, 0.717) is 12.6 Å². The van der Waals surface area contributed by atoms with E-state index >= 15 is 0 Å². The van der Waals surface area contributed by atoms with Crippen molar-refractivity contribution in [3.63, 3.8) is 0 Å². The molecule has 5 nitrogen and oxygen atoms in total. The van der Waals surface area contributed by atoms with Crippen LogP contribution in [0.15, 0.2) is 36.8 Å². The van der Waals surface area contributed by atoms with Gasteiger partial charge in [-0.05, 0) is 36.6 Å². The number of hydrogen-bond acceptors (Lipinski definition) is 4. The van der Waals surface area contributed by atoms with Gasteiger partial charge < -0.3 is 10.3 Å². The van der Waals surface area contributed by atoms with Gasteiger partial charge in [0.25, 0.3) is 0 Å². The maximum Gasteiger partial charge on any atom is 0.159 e. The minimum Gasteiger partial charge on any atom is -0.367 e. The molecule has 1 fully saturated rings. The molecule has 3 aromatic rings. The molecule has 0 amide bonds. The Morgan fingerprint density at radius 1 is 1.12 bits per heavy atom. The molecule has 1 aliphatic heterocycles. The first kappa shape index (κ1) is 16.0. The van der Waals surface area contributed by atoms with E-state index in [2.05, 4.69) is 25.2 Å². The summed E-state index contributed by atoms with van der Waals surface area (Å²) in [5, 5.41) is 4.50. The third kappa shape index (κ3) is 3.46. The second-order valence-electron chi connectivity index (χ2n) is 6.41. The predicted molar refractivity (Wildman–Crippen MR) is 92.2 cm³/mol. The Bertz CT molecular complexity index is 871. The SMILES string of the molecule is Fc1ccc(CN2CCC(Nc3ncnc4[nH]ccc34)CC2)cc1F. The second-order valence-corrected chi connectivity index (χ2v) is 6.41. The molecule has 2 N–H and O–H groups in total. The first-order valence-corrected chi connectivity index (χ1v) is 8.40. The maximum absolute atomic E-state index is 13.3. The predicted octanol–water partition coefficient (Wildman–Crippen LogP) is 3.31. The van der Waals surface area contributed by atoms with Crippen LogP contribution in [-0.2, 0) is 6.54 Å². The Morgan fingerprint density at radius 3 is 2.76 bits per heavy atom. The van der Waals surface area contributed by atoms with E-state index in [-0.39, 0.29) is 0 Å². The van der Waals surface area contributed by atoms with Gasteiger partial charge in [0.15, 0.2) is 11.6 Å². The number of halogens is 2. The average molecular weight is 343 g/mol. The van der Waals surface area contributed by atoms with Gasteiger partial charge in [0.1, 0.15) is 17.8 Å². The lowest BCUT2D eigenvalue weighted by Crippen LogP contribution is -2.38. The molecule has 4 rings (SSSR count). The summed E-state index contributed by atoms with van der Waals surface area (Å²) in [6.45, 7) is 2.44. The van der Waals surface area contributed by atoms with Crippen molar-refractivity contribution in [3.05, 3.63) is 54.0 Å². The molecular weight excluding hydrogens is 324 g/mol. The van der Waals surface area contributed by atoms with E-state index in [9.17, 15) is 8.78 Å². The molecule has 7 heteroatoms. The van der Waals surface area contributed by atoms with Gasteiger partial charge in [0.05, 0.1) is 5.39 Å². The summed E-state index contributed by atoms with van der Waals surface area (Å²) >= 11 is 0. The van der Waals surface area contributed by atoms with Crippen LogP contribution in [0.3, 0.4) is 0 Å². The Balaban J connectivity index is 1.35. The number of likely N-dealkylation sites (tertiary alicyclic amines) is 1. The van der Waals surface area contributed by atoms with Gasteiger partial charge in [0.2, 0.25) is 0 Å². The molecule has 0 aliphatic carbocycles. The molecule has 1 saturated heterocycles. The number of hydrogen-bond donors (Lipinski definition) is 2. The fourth-order valence-electron chi connectivity index (χ4n) is 3.31. The van der Waals surface area contributed by atoms with Crippen molar-refractivity contribution in [3.8, 4) is 0 Å². The molecule has 25 heavy (non-hydrogen) atoms. The van der Waals surface area contributed by atoms with Crippen LogP contribution in [0.25, 0.3) is 11.0 Å². The van der Waals surface area contributed by atoms with Crippen molar-refractivity contribution in [1.29, 1.82) is 0 Å². The van der Waals surface area contributed by atoms with E-state index in [1.165, 1.54) is 12.1 Å². The molecule has 0 radical (unpaired) electrons. The molecule has 0 saturated carbocycles. The Morgan fingerprint density at radius 2 is 1.96 bits per heavy atom. The number of H-pyrrole nitrogens is 1. The van der Waals surface area contributed by atoms with Gasteiger partial charge in [0, 0.05) is 31.9 Å². The minimum atomic E-state index is -0.799. The van der Waals surface area contributed by atoms with Crippen LogP contribution in [0, 0.1) is 11.6 Å². The van der Waals surface area contributed by atoms with Gasteiger partial charge >= 0.3 is 0 Å². The summed E-state index contributed by atoms with van der Waals surface area (Å²) in [5.41, 5.74) is 1.63. The minimum absolute atomic E-state index is 0.342. The number of nitrogens with one attached hydrogen (secondary N) is 2. The maximum atomic E-state index is 13.3. The van der Waals surface area contributed by atoms with E-state index in [1.54, 1.807) is 12.4 Å². The molecule has 2 aromatic heterocycles. The first-order valence-electron chi connectivity index (χ1n) is 8.40. The summed E-state index contributed by atoms with van der Waals surface area (Å²) < 4.78 is 26.3. The molecule has 0 spiro atoms. The van der Waals surface area contributed by atoms with Gasteiger partial charge in [-0.1, -0.05) is 6.07 Å². The van der Waals surface area contributed by atoms with E-state index < -0.39 is 11.6 Å². The molecule has 3 heterocycles. The number of piperidine rings is 1.